The van der Waals surface area contributed by atoms with Gasteiger partial charge in [0.15, 0.2) is 11.3 Å². The summed E-state index contributed by atoms with van der Waals surface area (Å²) in [5, 5.41) is 7.95. The standard InChI is InChI=1S/C17H17ClN4O2/c1-3-24-17(23)13-9-15-20-14(18)10-16(22(15)21-13)19-11(2)12-7-5-4-6-8-12/h4-11,19H,3H2,1-2H3. The predicted molar refractivity (Wildman–Crippen MR) is 92.4 cm³/mol. The molecule has 1 N–H and O–H groups in total. The van der Waals surface area contributed by atoms with Gasteiger partial charge >= 0.3 is 5.97 Å². The second kappa shape index (κ2) is 6.88. The summed E-state index contributed by atoms with van der Waals surface area (Å²) in [7, 11) is 0. The summed E-state index contributed by atoms with van der Waals surface area (Å²) < 4.78 is 6.54. The number of nitrogens with zero attached hydrogens (tertiary/aromatic N) is 3. The fourth-order valence-electron chi connectivity index (χ4n) is 2.40. The predicted octanol–water partition coefficient (Wildman–Crippen LogP) is 3.73. The Kier molecular flexibility index (Phi) is 4.66. The van der Waals surface area contributed by atoms with Crippen LogP contribution in [0.3, 0.4) is 0 Å². The highest BCUT2D eigenvalue weighted by Crippen LogP contribution is 2.22. The molecule has 3 rings (SSSR count). The van der Waals surface area contributed by atoms with Crippen molar-refractivity contribution >= 4 is 29.0 Å². The van der Waals surface area contributed by atoms with Crippen LogP contribution in [0.15, 0.2) is 42.5 Å². The minimum absolute atomic E-state index is 0.0307. The van der Waals surface area contributed by atoms with Crippen LogP contribution < -0.4 is 5.32 Å². The smallest absolute Gasteiger partial charge is 0.358 e. The number of aromatic nitrogens is 3. The molecule has 1 unspecified atom stereocenters. The molecule has 0 spiro atoms. The van der Waals surface area contributed by atoms with Gasteiger partial charge < -0.3 is 10.1 Å². The average Bonchev–Trinajstić information content (AvgIpc) is 3.00. The molecule has 0 amide bonds. The summed E-state index contributed by atoms with van der Waals surface area (Å²) in [5.74, 6) is 0.165. The van der Waals surface area contributed by atoms with Gasteiger partial charge in [-0.3, -0.25) is 0 Å². The highest BCUT2D eigenvalue weighted by atomic mass is 35.5. The normalized spacial score (nSPS) is 12.1. The largest absolute Gasteiger partial charge is 0.461 e. The summed E-state index contributed by atoms with van der Waals surface area (Å²) in [6.07, 6.45) is 0. The van der Waals surface area contributed by atoms with Gasteiger partial charge in [-0.1, -0.05) is 41.9 Å². The lowest BCUT2D eigenvalue weighted by Crippen LogP contribution is -2.11. The quantitative estimate of drug-likeness (QED) is 0.564. The van der Waals surface area contributed by atoms with Crippen molar-refractivity contribution in [3.8, 4) is 0 Å². The molecule has 0 aliphatic carbocycles. The Morgan fingerprint density at radius 1 is 1.33 bits per heavy atom. The molecular weight excluding hydrogens is 328 g/mol. The van der Waals surface area contributed by atoms with E-state index >= 15 is 0 Å². The van der Waals surface area contributed by atoms with Gasteiger partial charge in [-0.2, -0.15) is 9.61 Å². The SMILES string of the molecule is CCOC(=O)c1cc2nc(Cl)cc(NC(C)c3ccccc3)n2n1. The van der Waals surface area contributed by atoms with Crippen LogP contribution in [-0.2, 0) is 4.74 Å². The van der Waals surface area contributed by atoms with Crippen molar-refractivity contribution in [2.24, 2.45) is 0 Å². The lowest BCUT2D eigenvalue weighted by Gasteiger charge is -2.16. The maximum Gasteiger partial charge on any atom is 0.358 e. The first-order valence-corrected chi connectivity index (χ1v) is 8.01. The highest BCUT2D eigenvalue weighted by Gasteiger charge is 2.16. The molecule has 0 saturated carbocycles. The molecule has 0 bridgehead atoms. The number of anilines is 1. The van der Waals surface area contributed by atoms with Crippen molar-refractivity contribution in [3.63, 3.8) is 0 Å². The minimum atomic E-state index is -0.485. The molecule has 0 fully saturated rings. The van der Waals surface area contributed by atoms with Crippen LogP contribution in [0.4, 0.5) is 5.82 Å². The van der Waals surface area contributed by atoms with E-state index in [-0.39, 0.29) is 18.3 Å². The Balaban J connectivity index is 1.96. The van der Waals surface area contributed by atoms with Crippen molar-refractivity contribution in [3.05, 3.63) is 58.9 Å². The third-order valence-electron chi connectivity index (χ3n) is 3.54. The van der Waals surface area contributed by atoms with E-state index in [0.717, 1.165) is 5.56 Å². The van der Waals surface area contributed by atoms with E-state index in [2.05, 4.69) is 15.4 Å². The fraction of sp³-hybridized carbons (Fsp3) is 0.235. The highest BCUT2D eigenvalue weighted by molar-refractivity contribution is 6.29. The van der Waals surface area contributed by atoms with Crippen LogP contribution in [0.1, 0.15) is 35.9 Å². The average molecular weight is 345 g/mol. The van der Waals surface area contributed by atoms with Gasteiger partial charge in [0, 0.05) is 18.2 Å². The first-order valence-electron chi connectivity index (χ1n) is 7.63. The van der Waals surface area contributed by atoms with Crippen LogP contribution in [0.2, 0.25) is 5.15 Å². The van der Waals surface area contributed by atoms with Crippen LogP contribution >= 0.6 is 11.6 Å². The molecule has 3 aromatic rings. The number of carbonyl (C=O) groups is 1. The Bertz CT molecular complexity index is 864. The third kappa shape index (κ3) is 3.33. The maximum absolute atomic E-state index is 11.9. The van der Waals surface area contributed by atoms with E-state index in [1.807, 2.05) is 37.3 Å². The Morgan fingerprint density at radius 2 is 2.08 bits per heavy atom. The van der Waals surface area contributed by atoms with Gasteiger partial charge in [-0.15, -0.1) is 0 Å². The first-order chi connectivity index (χ1) is 11.6. The van der Waals surface area contributed by atoms with Crippen molar-refractivity contribution in [1.29, 1.82) is 0 Å². The Morgan fingerprint density at radius 3 is 2.79 bits per heavy atom. The molecule has 2 heterocycles. The zero-order valence-corrected chi connectivity index (χ0v) is 14.1. The lowest BCUT2D eigenvalue weighted by atomic mass is 10.1. The summed E-state index contributed by atoms with van der Waals surface area (Å²) >= 11 is 6.09. The number of rotatable bonds is 5. The van der Waals surface area contributed by atoms with Crippen LogP contribution in [-0.4, -0.2) is 27.2 Å². The second-order valence-electron chi connectivity index (χ2n) is 5.26. The molecule has 0 saturated heterocycles. The summed E-state index contributed by atoms with van der Waals surface area (Å²) in [6, 6.07) is 13.3. The van der Waals surface area contributed by atoms with E-state index in [9.17, 15) is 4.79 Å². The summed E-state index contributed by atoms with van der Waals surface area (Å²) in [6.45, 7) is 4.07. The van der Waals surface area contributed by atoms with Gasteiger partial charge in [0.1, 0.15) is 11.0 Å². The van der Waals surface area contributed by atoms with Crippen molar-refractivity contribution in [2.45, 2.75) is 19.9 Å². The zero-order valence-electron chi connectivity index (χ0n) is 13.4. The van der Waals surface area contributed by atoms with E-state index in [4.69, 9.17) is 16.3 Å². The molecule has 6 nitrogen and oxygen atoms in total. The number of esters is 1. The maximum atomic E-state index is 11.9. The molecule has 2 aromatic heterocycles. The van der Waals surface area contributed by atoms with E-state index in [1.54, 1.807) is 23.6 Å². The summed E-state index contributed by atoms with van der Waals surface area (Å²) in [5.41, 5.74) is 1.80. The molecule has 1 aromatic carbocycles. The zero-order chi connectivity index (χ0) is 17.1. The second-order valence-corrected chi connectivity index (χ2v) is 5.65. The van der Waals surface area contributed by atoms with Crippen LogP contribution in [0.5, 0.6) is 0 Å². The number of nitrogens with one attached hydrogen (secondary N) is 1. The molecule has 0 radical (unpaired) electrons. The topological polar surface area (TPSA) is 68.5 Å². The van der Waals surface area contributed by atoms with Crippen molar-refractivity contribution in [1.82, 2.24) is 14.6 Å². The lowest BCUT2D eigenvalue weighted by molar-refractivity contribution is 0.0519. The molecule has 1 atom stereocenters. The van der Waals surface area contributed by atoms with Crippen molar-refractivity contribution in [2.75, 3.05) is 11.9 Å². The van der Waals surface area contributed by atoms with E-state index in [0.29, 0.717) is 16.6 Å². The number of fused-ring (bicyclic) bond motifs is 1. The monoisotopic (exact) mass is 344 g/mol. The number of benzene rings is 1. The molecule has 124 valence electrons. The molecule has 7 heteroatoms. The minimum Gasteiger partial charge on any atom is -0.461 e. The summed E-state index contributed by atoms with van der Waals surface area (Å²) in [4.78, 5) is 16.1. The number of halogens is 1. The van der Waals surface area contributed by atoms with E-state index < -0.39 is 5.97 Å². The van der Waals surface area contributed by atoms with E-state index in [1.165, 1.54) is 0 Å². The van der Waals surface area contributed by atoms with Crippen molar-refractivity contribution < 1.29 is 9.53 Å². The first kappa shape index (κ1) is 16.3. The molecule has 24 heavy (non-hydrogen) atoms. The fourth-order valence-corrected chi connectivity index (χ4v) is 2.59. The van der Waals surface area contributed by atoms with Gasteiger partial charge in [0.05, 0.1) is 6.61 Å². The Hall–Kier alpha value is -2.60. The van der Waals surface area contributed by atoms with Gasteiger partial charge in [-0.25, -0.2) is 9.78 Å². The number of ether oxygens (including phenoxy) is 1. The third-order valence-corrected chi connectivity index (χ3v) is 3.74. The molecule has 0 aliphatic rings. The van der Waals surface area contributed by atoms with Gasteiger partial charge in [-0.05, 0) is 19.4 Å². The van der Waals surface area contributed by atoms with Crippen LogP contribution in [0.25, 0.3) is 5.65 Å². The van der Waals surface area contributed by atoms with Gasteiger partial charge in [0.2, 0.25) is 0 Å². The molecule has 0 aliphatic heterocycles. The Labute approximate surface area is 144 Å². The molecular formula is C17H17ClN4O2. The number of hydrogen-bond acceptors (Lipinski definition) is 5. The number of hydrogen-bond donors (Lipinski definition) is 1. The van der Waals surface area contributed by atoms with Crippen LogP contribution in [0, 0.1) is 0 Å². The number of carbonyl (C=O) groups excluding carboxylic acids is 1. The van der Waals surface area contributed by atoms with Gasteiger partial charge in [0.25, 0.3) is 0 Å².